The molecule has 0 aliphatic carbocycles. The topological polar surface area (TPSA) is 106 Å². The summed E-state index contributed by atoms with van der Waals surface area (Å²) < 4.78 is 6.61. The zero-order chi connectivity index (χ0) is 13.7. The molecule has 2 N–H and O–H groups in total. The average Bonchev–Trinajstić information content (AvgIpc) is 2.76. The summed E-state index contributed by atoms with van der Waals surface area (Å²) in [5.74, 6) is -1.12. The molecule has 1 aromatic rings. The van der Waals surface area contributed by atoms with Gasteiger partial charge >= 0.3 is 5.97 Å². The lowest BCUT2D eigenvalue weighted by atomic mass is 10.1. The van der Waals surface area contributed by atoms with Crippen LogP contribution in [-0.4, -0.2) is 44.5 Å². The number of hydrogen-bond donors (Lipinski definition) is 2. The van der Waals surface area contributed by atoms with Crippen molar-refractivity contribution < 1.29 is 19.4 Å². The first kappa shape index (κ1) is 13.5. The van der Waals surface area contributed by atoms with Crippen LogP contribution in [0.3, 0.4) is 0 Å². The van der Waals surface area contributed by atoms with Crippen LogP contribution in [0.1, 0.15) is 25.7 Å². The first-order valence-electron chi connectivity index (χ1n) is 6.16. The van der Waals surface area contributed by atoms with Gasteiger partial charge < -0.3 is 9.84 Å². The van der Waals surface area contributed by atoms with E-state index >= 15 is 0 Å². The third kappa shape index (κ3) is 4.32. The summed E-state index contributed by atoms with van der Waals surface area (Å²) in [6, 6.07) is 0. The van der Waals surface area contributed by atoms with E-state index in [1.807, 2.05) is 0 Å². The standard InChI is InChI=1S/C11H16N4O4/c16-9(5-8-3-1-2-4-19-8)13-11-12-7-15(14-11)6-10(17)18/h7-8H,1-6H2,(H,17,18)(H,13,14,16). The van der Waals surface area contributed by atoms with E-state index in [1.165, 1.54) is 6.33 Å². The molecule has 2 heterocycles. The van der Waals surface area contributed by atoms with Crippen molar-refractivity contribution in [2.45, 2.75) is 38.3 Å². The SMILES string of the molecule is O=C(O)Cn1cnc(NC(=O)CC2CCCCO2)n1. The van der Waals surface area contributed by atoms with Gasteiger partial charge in [-0.2, -0.15) is 0 Å². The highest BCUT2D eigenvalue weighted by molar-refractivity contribution is 5.89. The van der Waals surface area contributed by atoms with Gasteiger partial charge in [-0.3, -0.25) is 14.9 Å². The fraction of sp³-hybridized carbons (Fsp3) is 0.636. The summed E-state index contributed by atoms with van der Waals surface area (Å²) in [6.45, 7) is 0.415. The second kappa shape index (κ2) is 6.28. The summed E-state index contributed by atoms with van der Waals surface area (Å²) >= 11 is 0. The molecule has 1 atom stereocenters. The van der Waals surface area contributed by atoms with Crippen LogP contribution in [0.2, 0.25) is 0 Å². The molecule has 1 aromatic heterocycles. The van der Waals surface area contributed by atoms with E-state index in [0.717, 1.165) is 23.9 Å². The van der Waals surface area contributed by atoms with Gasteiger partial charge in [0.25, 0.3) is 0 Å². The number of carbonyl (C=O) groups excluding carboxylic acids is 1. The molecule has 104 valence electrons. The Labute approximate surface area is 109 Å². The number of rotatable bonds is 5. The minimum atomic E-state index is -1.02. The van der Waals surface area contributed by atoms with Crippen molar-refractivity contribution in [3.63, 3.8) is 0 Å². The van der Waals surface area contributed by atoms with Gasteiger partial charge in [-0.25, -0.2) is 9.67 Å². The fourth-order valence-electron chi connectivity index (χ4n) is 1.92. The summed E-state index contributed by atoms with van der Waals surface area (Å²) in [4.78, 5) is 26.0. The molecular formula is C11H16N4O4. The predicted molar refractivity (Wildman–Crippen MR) is 64.5 cm³/mol. The average molecular weight is 268 g/mol. The van der Waals surface area contributed by atoms with E-state index in [4.69, 9.17) is 9.84 Å². The lowest BCUT2D eigenvalue weighted by Crippen LogP contribution is -2.26. The number of aliphatic carboxylic acids is 1. The highest BCUT2D eigenvalue weighted by Gasteiger charge is 2.18. The van der Waals surface area contributed by atoms with Crippen molar-refractivity contribution in [1.82, 2.24) is 14.8 Å². The normalized spacial score (nSPS) is 19.1. The van der Waals surface area contributed by atoms with Crippen LogP contribution >= 0.6 is 0 Å². The van der Waals surface area contributed by atoms with Crippen LogP contribution in [0.4, 0.5) is 5.95 Å². The maximum absolute atomic E-state index is 11.7. The van der Waals surface area contributed by atoms with Gasteiger partial charge in [0, 0.05) is 6.61 Å². The molecular weight excluding hydrogens is 252 g/mol. The number of ether oxygens (including phenoxy) is 1. The third-order valence-electron chi connectivity index (χ3n) is 2.77. The van der Waals surface area contributed by atoms with Gasteiger partial charge in [0.1, 0.15) is 12.9 Å². The molecule has 19 heavy (non-hydrogen) atoms. The van der Waals surface area contributed by atoms with E-state index in [9.17, 15) is 9.59 Å². The van der Waals surface area contributed by atoms with E-state index in [1.54, 1.807) is 0 Å². The van der Waals surface area contributed by atoms with Crippen LogP contribution in [0.5, 0.6) is 0 Å². The molecule has 8 heteroatoms. The predicted octanol–water partition coefficient (Wildman–Crippen LogP) is 0.260. The van der Waals surface area contributed by atoms with Crippen LogP contribution in [-0.2, 0) is 20.9 Å². The first-order chi connectivity index (χ1) is 9.13. The van der Waals surface area contributed by atoms with E-state index in [2.05, 4.69) is 15.4 Å². The van der Waals surface area contributed by atoms with E-state index in [-0.39, 0.29) is 30.9 Å². The van der Waals surface area contributed by atoms with Crippen LogP contribution < -0.4 is 5.32 Å². The van der Waals surface area contributed by atoms with Crippen molar-refractivity contribution in [3.8, 4) is 0 Å². The monoisotopic (exact) mass is 268 g/mol. The number of amides is 1. The largest absolute Gasteiger partial charge is 0.480 e. The van der Waals surface area contributed by atoms with Gasteiger partial charge in [-0.05, 0) is 19.3 Å². The molecule has 1 fully saturated rings. The molecule has 1 saturated heterocycles. The molecule has 1 amide bonds. The number of anilines is 1. The Morgan fingerprint density at radius 1 is 1.53 bits per heavy atom. The Hall–Kier alpha value is -1.96. The Morgan fingerprint density at radius 2 is 2.37 bits per heavy atom. The molecule has 1 aliphatic heterocycles. The highest BCUT2D eigenvalue weighted by Crippen LogP contribution is 2.15. The smallest absolute Gasteiger partial charge is 0.325 e. The minimum Gasteiger partial charge on any atom is -0.480 e. The Balaban J connectivity index is 1.81. The maximum Gasteiger partial charge on any atom is 0.325 e. The highest BCUT2D eigenvalue weighted by atomic mass is 16.5. The summed E-state index contributed by atoms with van der Waals surface area (Å²) in [5.41, 5.74) is 0. The Morgan fingerprint density at radius 3 is 3.05 bits per heavy atom. The van der Waals surface area contributed by atoms with Crippen molar-refractivity contribution in [1.29, 1.82) is 0 Å². The van der Waals surface area contributed by atoms with E-state index < -0.39 is 5.97 Å². The maximum atomic E-state index is 11.7. The molecule has 8 nitrogen and oxygen atoms in total. The number of carbonyl (C=O) groups is 2. The minimum absolute atomic E-state index is 0.0464. The fourth-order valence-corrected chi connectivity index (χ4v) is 1.92. The molecule has 1 unspecified atom stereocenters. The quantitative estimate of drug-likeness (QED) is 0.793. The lowest BCUT2D eigenvalue weighted by Gasteiger charge is -2.21. The number of nitrogens with one attached hydrogen (secondary N) is 1. The van der Waals surface area contributed by atoms with Crippen LogP contribution in [0.25, 0.3) is 0 Å². The summed E-state index contributed by atoms with van der Waals surface area (Å²) in [5, 5.41) is 14.9. The zero-order valence-corrected chi connectivity index (χ0v) is 10.4. The van der Waals surface area contributed by atoms with Gasteiger partial charge in [-0.1, -0.05) is 0 Å². The van der Waals surface area contributed by atoms with Gasteiger partial charge in [-0.15, -0.1) is 5.10 Å². The Kier molecular flexibility index (Phi) is 4.45. The zero-order valence-electron chi connectivity index (χ0n) is 10.4. The van der Waals surface area contributed by atoms with Crippen molar-refractivity contribution >= 4 is 17.8 Å². The van der Waals surface area contributed by atoms with Crippen LogP contribution in [0.15, 0.2) is 6.33 Å². The van der Waals surface area contributed by atoms with E-state index in [0.29, 0.717) is 6.61 Å². The molecule has 2 rings (SSSR count). The van der Waals surface area contributed by atoms with Crippen molar-refractivity contribution in [2.24, 2.45) is 0 Å². The van der Waals surface area contributed by atoms with Crippen LogP contribution in [0, 0.1) is 0 Å². The van der Waals surface area contributed by atoms with Crippen molar-refractivity contribution in [3.05, 3.63) is 6.33 Å². The third-order valence-corrected chi connectivity index (χ3v) is 2.77. The molecule has 1 aliphatic rings. The molecule has 0 radical (unpaired) electrons. The van der Waals surface area contributed by atoms with Gasteiger partial charge in [0.15, 0.2) is 0 Å². The van der Waals surface area contributed by atoms with Gasteiger partial charge in [0.05, 0.1) is 12.5 Å². The van der Waals surface area contributed by atoms with Crippen molar-refractivity contribution in [2.75, 3.05) is 11.9 Å². The summed E-state index contributed by atoms with van der Waals surface area (Å²) in [7, 11) is 0. The number of carboxylic acids is 1. The second-order valence-electron chi connectivity index (χ2n) is 4.40. The number of carboxylic acid groups (broad SMARTS) is 1. The van der Waals surface area contributed by atoms with Gasteiger partial charge in [0.2, 0.25) is 11.9 Å². The number of aromatic nitrogens is 3. The molecule has 0 aromatic carbocycles. The molecule has 0 spiro atoms. The summed E-state index contributed by atoms with van der Waals surface area (Å²) in [6.07, 6.45) is 4.49. The number of nitrogens with zero attached hydrogens (tertiary/aromatic N) is 3. The molecule has 0 bridgehead atoms. The first-order valence-corrected chi connectivity index (χ1v) is 6.16. The molecule has 0 saturated carbocycles. The lowest BCUT2D eigenvalue weighted by molar-refractivity contribution is -0.137. The second-order valence-corrected chi connectivity index (χ2v) is 4.40. The number of hydrogen-bond acceptors (Lipinski definition) is 5. The Bertz CT molecular complexity index is 453.